The van der Waals surface area contributed by atoms with Crippen molar-refractivity contribution >= 4 is 23.3 Å². The van der Waals surface area contributed by atoms with Crippen LogP contribution in [0.1, 0.15) is 22.0 Å². The Morgan fingerprint density at radius 2 is 2.33 bits per heavy atom. The second kappa shape index (κ2) is 5.10. The second-order valence-corrected chi connectivity index (χ2v) is 4.17. The Labute approximate surface area is 108 Å². The zero-order valence-corrected chi connectivity index (χ0v) is 10.4. The molecule has 2 rings (SSSR count). The number of halogens is 1. The average molecular weight is 267 g/mol. The summed E-state index contributed by atoms with van der Waals surface area (Å²) in [7, 11) is 0. The van der Waals surface area contributed by atoms with E-state index in [1.807, 2.05) is 19.1 Å². The number of hydrogen-bond donors (Lipinski definition) is 2. The molecule has 0 atom stereocenters. The van der Waals surface area contributed by atoms with Crippen molar-refractivity contribution in [3.05, 3.63) is 46.6 Å². The summed E-state index contributed by atoms with van der Waals surface area (Å²) in [6.07, 6.45) is 1.19. The number of carboxylic acid groups (broad SMARTS) is 1. The molecule has 0 unspecified atom stereocenters. The van der Waals surface area contributed by atoms with Crippen LogP contribution < -0.4 is 5.32 Å². The van der Waals surface area contributed by atoms with E-state index in [-0.39, 0.29) is 5.76 Å². The highest BCUT2D eigenvalue weighted by Crippen LogP contribution is 2.20. The maximum atomic E-state index is 10.6. The SMILES string of the molecule is Cc1cc(Cl)ccc1NCc1ncc(C(=O)O)o1. The first-order valence-corrected chi connectivity index (χ1v) is 5.62. The number of nitrogens with one attached hydrogen (secondary N) is 1. The van der Waals surface area contributed by atoms with Crippen LogP contribution in [0.4, 0.5) is 5.69 Å². The molecule has 0 saturated carbocycles. The molecule has 1 aromatic carbocycles. The number of aromatic nitrogens is 1. The third-order valence-electron chi connectivity index (χ3n) is 2.38. The Bertz CT molecular complexity index is 580. The lowest BCUT2D eigenvalue weighted by molar-refractivity contribution is 0.0660. The monoisotopic (exact) mass is 266 g/mol. The molecular formula is C12H11ClN2O3. The first-order chi connectivity index (χ1) is 8.56. The van der Waals surface area contributed by atoms with Crippen LogP contribution in [0.2, 0.25) is 5.02 Å². The molecule has 5 nitrogen and oxygen atoms in total. The van der Waals surface area contributed by atoms with Gasteiger partial charge in [0.1, 0.15) is 0 Å². The van der Waals surface area contributed by atoms with E-state index in [0.29, 0.717) is 17.5 Å². The zero-order valence-electron chi connectivity index (χ0n) is 9.61. The van der Waals surface area contributed by atoms with Crippen molar-refractivity contribution in [1.29, 1.82) is 0 Å². The van der Waals surface area contributed by atoms with Gasteiger partial charge in [-0.25, -0.2) is 9.78 Å². The number of hydrogen-bond acceptors (Lipinski definition) is 4. The molecule has 2 aromatic rings. The average Bonchev–Trinajstić information content (AvgIpc) is 2.76. The van der Waals surface area contributed by atoms with Gasteiger partial charge < -0.3 is 14.8 Å². The van der Waals surface area contributed by atoms with Crippen LogP contribution in [-0.2, 0) is 6.54 Å². The fourth-order valence-electron chi connectivity index (χ4n) is 1.49. The number of benzene rings is 1. The molecule has 0 fully saturated rings. The lowest BCUT2D eigenvalue weighted by Gasteiger charge is -2.07. The molecule has 94 valence electrons. The van der Waals surface area contributed by atoms with Gasteiger partial charge in [-0.15, -0.1) is 0 Å². The number of oxazole rings is 1. The van der Waals surface area contributed by atoms with Gasteiger partial charge in [0, 0.05) is 10.7 Å². The molecule has 2 N–H and O–H groups in total. The number of rotatable bonds is 4. The lowest BCUT2D eigenvalue weighted by atomic mass is 10.2. The van der Waals surface area contributed by atoms with Crippen LogP contribution in [0.15, 0.2) is 28.8 Å². The predicted octanol–water partition coefficient (Wildman–Crippen LogP) is 2.95. The lowest BCUT2D eigenvalue weighted by Crippen LogP contribution is -2.01. The summed E-state index contributed by atoms with van der Waals surface area (Å²) in [6.45, 7) is 2.24. The molecule has 0 radical (unpaired) electrons. The van der Waals surface area contributed by atoms with Crippen molar-refractivity contribution in [3.8, 4) is 0 Å². The molecule has 1 aromatic heterocycles. The van der Waals surface area contributed by atoms with Gasteiger partial charge in [-0.05, 0) is 30.7 Å². The third kappa shape index (κ3) is 2.81. The van der Waals surface area contributed by atoms with E-state index in [1.165, 1.54) is 6.20 Å². The van der Waals surface area contributed by atoms with Crippen molar-refractivity contribution in [1.82, 2.24) is 4.98 Å². The fraction of sp³-hybridized carbons (Fsp3) is 0.167. The molecular weight excluding hydrogens is 256 g/mol. The van der Waals surface area contributed by atoms with E-state index in [1.54, 1.807) is 6.07 Å². The summed E-state index contributed by atoms with van der Waals surface area (Å²) >= 11 is 5.85. The van der Waals surface area contributed by atoms with Crippen molar-refractivity contribution in [2.75, 3.05) is 5.32 Å². The fourth-order valence-corrected chi connectivity index (χ4v) is 1.71. The Hall–Kier alpha value is -2.01. The summed E-state index contributed by atoms with van der Waals surface area (Å²) in [4.78, 5) is 14.5. The molecule has 0 aliphatic rings. The number of nitrogens with zero attached hydrogens (tertiary/aromatic N) is 1. The van der Waals surface area contributed by atoms with Crippen molar-refractivity contribution in [3.63, 3.8) is 0 Å². The highest BCUT2D eigenvalue weighted by Gasteiger charge is 2.10. The van der Waals surface area contributed by atoms with Gasteiger partial charge in [-0.3, -0.25) is 0 Å². The molecule has 0 aliphatic heterocycles. The van der Waals surface area contributed by atoms with Crippen molar-refractivity contribution in [2.45, 2.75) is 13.5 Å². The number of aryl methyl sites for hydroxylation is 1. The summed E-state index contributed by atoms with van der Waals surface area (Å²) in [6, 6.07) is 5.45. The maximum absolute atomic E-state index is 10.6. The molecule has 0 spiro atoms. The Morgan fingerprint density at radius 3 is 2.94 bits per heavy atom. The van der Waals surface area contributed by atoms with Gasteiger partial charge in [-0.2, -0.15) is 0 Å². The molecule has 0 saturated heterocycles. The Balaban J connectivity index is 2.04. The molecule has 6 heteroatoms. The minimum Gasteiger partial charge on any atom is -0.475 e. The first kappa shape index (κ1) is 12.4. The summed E-state index contributed by atoms with van der Waals surface area (Å²) < 4.78 is 5.03. The third-order valence-corrected chi connectivity index (χ3v) is 2.62. The highest BCUT2D eigenvalue weighted by molar-refractivity contribution is 6.30. The zero-order chi connectivity index (χ0) is 13.1. The van der Waals surface area contributed by atoms with Crippen LogP contribution in [0.3, 0.4) is 0 Å². The van der Waals surface area contributed by atoms with E-state index in [0.717, 1.165) is 11.3 Å². The Morgan fingerprint density at radius 1 is 1.56 bits per heavy atom. The van der Waals surface area contributed by atoms with Gasteiger partial charge in [0.05, 0.1) is 12.7 Å². The smallest absolute Gasteiger partial charge is 0.373 e. The molecule has 1 heterocycles. The highest BCUT2D eigenvalue weighted by atomic mass is 35.5. The minimum atomic E-state index is -1.13. The molecule has 18 heavy (non-hydrogen) atoms. The predicted molar refractivity (Wildman–Crippen MR) is 67.0 cm³/mol. The van der Waals surface area contributed by atoms with Crippen LogP contribution in [0, 0.1) is 6.92 Å². The number of anilines is 1. The van der Waals surface area contributed by atoms with E-state index in [2.05, 4.69) is 10.3 Å². The van der Waals surface area contributed by atoms with Gasteiger partial charge in [0.15, 0.2) is 0 Å². The Kier molecular flexibility index (Phi) is 3.53. The molecule has 0 amide bonds. The molecule has 0 aliphatic carbocycles. The van der Waals surface area contributed by atoms with E-state index < -0.39 is 5.97 Å². The normalized spacial score (nSPS) is 10.3. The first-order valence-electron chi connectivity index (χ1n) is 5.24. The van der Waals surface area contributed by atoms with Crippen molar-refractivity contribution in [2.24, 2.45) is 0 Å². The summed E-state index contributed by atoms with van der Waals surface area (Å²) in [5.41, 5.74) is 1.89. The topological polar surface area (TPSA) is 75.4 Å². The minimum absolute atomic E-state index is 0.167. The van der Waals surface area contributed by atoms with Crippen LogP contribution in [0.25, 0.3) is 0 Å². The number of carboxylic acids is 1. The number of aromatic carboxylic acids is 1. The standard InChI is InChI=1S/C12H11ClN2O3/c1-7-4-8(13)2-3-9(7)14-6-11-15-5-10(18-11)12(16)17/h2-5,14H,6H2,1H3,(H,16,17). The second-order valence-electron chi connectivity index (χ2n) is 3.74. The van der Waals surface area contributed by atoms with Crippen LogP contribution >= 0.6 is 11.6 Å². The van der Waals surface area contributed by atoms with Crippen LogP contribution in [-0.4, -0.2) is 16.1 Å². The maximum Gasteiger partial charge on any atom is 0.373 e. The largest absolute Gasteiger partial charge is 0.475 e. The van der Waals surface area contributed by atoms with E-state index >= 15 is 0 Å². The van der Waals surface area contributed by atoms with Gasteiger partial charge in [0.25, 0.3) is 0 Å². The van der Waals surface area contributed by atoms with Crippen LogP contribution in [0.5, 0.6) is 0 Å². The molecule has 0 bridgehead atoms. The quantitative estimate of drug-likeness (QED) is 0.890. The van der Waals surface area contributed by atoms with Gasteiger partial charge in [-0.1, -0.05) is 11.6 Å². The van der Waals surface area contributed by atoms with Crippen molar-refractivity contribution < 1.29 is 14.3 Å². The van der Waals surface area contributed by atoms with Gasteiger partial charge in [0.2, 0.25) is 11.7 Å². The van der Waals surface area contributed by atoms with E-state index in [9.17, 15) is 4.79 Å². The number of carbonyl (C=O) groups is 1. The van der Waals surface area contributed by atoms with E-state index in [4.69, 9.17) is 21.1 Å². The summed E-state index contributed by atoms with van der Waals surface area (Å²) in [5, 5.41) is 12.5. The summed E-state index contributed by atoms with van der Waals surface area (Å²) in [5.74, 6) is -0.974. The van der Waals surface area contributed by atoms with Gasteiger partial charge >= 0.3 is 5.97 Å².